The van der Waals surface area contributed by atoms with Crippen LogP contribution in [0.4, 0.5) is 10.1 Å². The maximum Gasteiger partial charge on any atom is 0.254 e. The van der Waals surface area contributed by atoms with E-state index < -0.39 is 0 Å². The molecule has 1 unspecified atom stereocenters. The molecule has 5 nitrogen and oxygen atoms in total. The van der Waals surface area contributed by atoms with Gasteiger partial charge in [-0.2, -0.15) is 0 Å². The summed E-state index contributed by atoms with van der Waals surface area (Å²) in [6.45, 7) is 2.09. The van der Waals surface area contributed by atoms with Crippen LogP contribution in [-0.2, 0) is 24.1 Å². The van der Waals surface area contributed by atoms with E-state index in [1.54, 1.807) is 12.1 Å². The number of nitrogens with zero attached hydrogens (tertiary/aromatic N) is 1. The zero-order valence-corrected chi connectivity index (χ0v) is 16.9. The van der Waals surface area contributed by atoms with Crippen molar-refractivity contribution < 1.29 is 9.18 Å². The Balaban J connectivity index is 1.49. The van der Waals surface area contributed by atoms with E-state index in [4.69, 9.17) is 0 Å². The number of carbonyl (C=O) groups excluding carboxylic acids is 1. The Labute approximate surface area is 174 Å². The highest BCUT2D eigenvalue weighted by atomic mass is 19.1. The van der Waals surface area contributed by atoms with Crippen molar-refractivity contribution in [2.75, 3.05) is 5.32 Å². The quantitative estimate of drug-likeness (QED) is 0.637. The van der Waals surface area contributed by atoms with Crippen LogP contribution in [0.3, 0.4) is 0 Å². The molecule has 0 bridgehead atoms. The number of rotatable bonds is 4. The molecule has 1 amide bonds. The summed E-state index contributed by atoms with van der Waals surface area (Å²) in [5.41, 5.74) is 3.85. The summed E-state index contributed by atoms with van der Waals surface area (Å²) in [5.74, 6) is -0.118. The van der Waals surface area contributed by atoms with Crippen LogP contribution in [0.25, 0.3) is 11.4 Å². The van der Waals surface area contributed by atoms with Crippen LogP contribution in [0.1, 0.15) is 36.6 Å². The third-order valence-electron chi connectivity index (χ3n) is 5.69. The van der Waals surface area contributed by atoms with Crippen molar-refractivity contribution in [1.82, 2.24) is 9.97 Å². The summed E-state index contributed by atoms with van der Waals surface area (Å²) in [7, 11) is 0. The minimum absolute atomic E-state index is 0.0257. The smallest absolute Gasteiger partial charge is 0.254 e. The van der Waals surface area contributed by atoms with Crippen LogP contribution in [0.15, 0.2) is 53.3 Å². The van der Waals surface area contributed by atoms with Crippen LogP contribution >= 0.6 is 0 Å². The lowest BCUT2D eigenvalue weighted by Gasteiger charge is -2.14. The number of carbonyl (C=O) groups is 1. The first-order valence-electron chi connectivity index (χ1n) is 10.3. The van der Waals surface area contributed by atoms with E-state index in [1.165, 1.54) is 17.7 Å². The summed E-state index contributed by atoms with van der Waals surface area (Å²) in [6, 6.07) is 13.7. The normalized spacial score (nSPS) is 15.9. The molecule has 0 fully saturated rings. The van der Waals surface area contributed by atoms with E-state index in [0.717, 1.165) is 17.8 Å². The third-order valence-corrected chi connectivity index (χ3v) is 5.69. The highest BCUT2D eigenvalue weighted by Crippen LogP contribution is 2.25. The van der Waals surface area contributed by atoms with E-state index in [1.807, 2.05) is 24.3 Å². The Morgan fingerprint density at radius 2 is 1.80 bits per heavy atom. The van der Waals surface area contributed by atoms with Gasteiger partial charge in [0.1, 0.15) is 11.6 Å². The van der Waals surface area contributed by atoms with Gasteiger partial charge in [-0.25, -0.2) is 9.37 Å². The van der Waals surface area contributed by atoms with Crippen molar-refractivity contribution in [3.05, 3.63) is 81.5 Å². The number of hydrogen-bond acceptors (Lipinski definition) is 3. The molecule has 1 heterocycles. The van der Waals surface area contributed by atoms with Crippen LogP contribution < -0.4 is 10.9 Å². The van der Waals surface area contributed by atoms with E-state index in [2.05, 4.69) is 22.2 Å². The predicted molar refractivity (Wildman–Crippen MR) is 115 cm³/mol. The Morgan fingerprint density at radius 1 is 1.10 bits per heavy atom. The molecule has 0 spiro atoms. The molecule has 154 valence electrons. The molecule has 0 aliphatic heterocycles. The van der Waals surface area contributed by atoms with Gasteiger partial charge in [0.25, 0.3) is 5.56 Å². The van der Waals surface area contributed by atoms with Gasteiger partial charge in [-0.1, -0.05) is 19.1 Å². The molecule has 1 aromatic heterocycles. The Kier molecular flexibility index (Phi) is 5.74. The van der Waals surface area contributed by atoms with Gasteiger partial charge in [-0.05, 0) is 74.1 Å². The van der Waals surface area contributed by atoms with Crippen molar-refractivity contribution in [2.24, 2.45) is 5.92 Å². The van der Waals surface area contributed by atoms with E-state index in [0.29, 0.717) is 42.6 Å². The third kappa shape index (κ3) is 4.32. The number of benzene rings is 2. The Morgan fingerprint density at radius 3 is 2.50 bits per heavy atom. The van der Waals surface area contributed by atoms with Crippen molar-refractivity contribution in [3.8, 4) is 11.4 Å². The minimum atomic E-state index is -0.339. The number of H-pyrrole nitrogens is 1. The maximum atomic E-state index is 13.2. The molecule has 3 aromatic rings. The number of anilines is 1. The molecule has 2 aromatic carbocycles. The number of halogens is 1. The van der Waals surface area contributed by atoms with Crippen molar-refractivity contribution in [3.63, 3.8) is 0 Å². The Hall–Kier alpha value is -3.28. The summed E-state index contributed by atoms with van der Waals surface area (Å²) in [6.07, 6.45) is 3.25. The number of nitrogens with one attached hydrogen (secondary N) is 2. The van der Waals surface area contributed by atoms with Gasteiger partial charge in [-0.15, -0.1) is 0 Å². The number of aromatic nitrogens is 2. The lowest BCUT2D eigenvalue weighted by molar-refractivity contribution is -0.120. The second-order valence-corrected chi connectivity index (χ2v) is 7.66. The number of aromatic amines is 1. The Bertz CT molecular complexity index is 1100. The lowest BCUT2D eigenvalue weighted by atomic mass is 9.98. The first-order chi connectivity index (χ1) is 14.5. The summed E-state index contributed by atoms with van der Waals surface area (Å²) >= 11 is 0. The van der Waals surface area contributed by atoms with Crippen LogP contribution in [0.2, 0.25) is 0 Å². The van der Waals surface area contributed by atoms with Crippen molar-refractivity contribution in [2.45, 2.75) is 39.0 Å². The highest BCUT2D eigenvalue weighted by molar-refractivity contribution is 5.92. The molecule has 30 heavy (non-hydrogen) atoms. The topological polar surface area (TPSA) is 74.8 Å². The van der Waals surface area contributed by atoms with Gasteiger partial charge in [0, 0.05) is 22.7 Å². The minimum Gasteiger partial charge on any atom is -0.326 e. The molecule has 4 rings (SSSR count). The average molecular weight is 405 g/mol. The first-order valence-corrected chi connectivity index (χ1v) is 10.3. The van der Waals surface area contributed by atoms with Crippen molar-refractivity contribution in [1.29, 1.82) is 0 Å². The SMILES string of the molecule is CCc1ccc(NC(=O)C2CCc3nc(-c4ccc(F)cc4)[nH]c(=O)c3CC2)cc1. The lowest BCUT2D eigenvalue weighted by Crippen LogP contribution is -2.23. The molecule has 1 atom stereocenters. The van der Waals surface area contributed by atoms with Gasteiger partial charge in [0.15, 0.2) is 0 Å². The zero-order valence-electron chi connectivity index (χ0n) is 16.9. The van der Waals surface area contributed by atoms with Gasteiger partial charge < -0.3 is 10.3 Å². The van der Waals surface area contributed by atoms with E-state index >= 15 is 0 Å². The molecule has 6 heteroatoms. The zero-order chi connectivity index (χ0) is 21.1. The van der Waals surface area contributed by atoms with Crippen molar-refractivity contribution >= 4 is 11.6 Å². The molecule has 1 aliphatic rings. The number of fused-ring (bicyclic) bond motifs is 1. The first kappa shape index (κ1) is 20.0. The van der Waals surface area contributed by atoms with Gasteiger partial charge >= 0.3 is 0 Å². The summed E-state index contributed by atoms with van der Waals surface area (Å²) in [5, 5.41) is 2.99. The fourth-order valence-electron chi connectivity index (χ4n) is 3.86. The van der Waals surface area contributed by atoms with Gasteiger partial charge in [-0.3, -0.25) is 9.59 Å². The molecule has 0 saturated heterocycles. The highest BCUT2D eigenvalue weighted by Gasteiger charge is 2.25. The maximum absolute atomic E-state index is 13.2. The van der Waals surface area contributed by atoms with Crippen LogP contribution in [0.5, 0.6) is 0 Å². The van der Waals surface area contributed by atoms with Gasteiger partial charge in [0.05, 0.1) is 5.69 Å². The monoisotopic (exact) mass is 405 g/mol. The molecule has 2 N–H and O–H groups in total. The average Bonchev–Trinajstić information content (AvgIpc) is 2.98. The predicted octanol–water partition coefficient (Wildman–Crippen LogP) is 4.27. The largest absolute Gasteiger partial charge is 0.326 e. The fourth-order valence-corrected chi connectivity index (χ4v) is 3.86. The molecular weight excluding hydrogens is 381 g/mol. The summed E-state index contributed by atoms with van der Waals surface area (Å²) in [4.78, 5) is 32.8. The molecule has 0 radical (unpaired) electrons. The number of aryl methyl sites for hydroxylation is 2. The van der Waals surface area contributed by atoms with Gasteiger partial charge in [0.2, 0.25) is 5.91 Å². The fraction of sp³-hybridized carbons (Fsp3) is 0.292. The van der Waals surface area contributed by atoms with Crippen LogP contribution in [0, 0.1) is 11.7 Å². The molecule has 1 aliphatic carbocycles. The van der Waals surface area contributed by atoms with Crippen LogP contribution in [-0.4, -0.2) is 15.9 Å². The second-order valence-electron chi connectivity index (χ2n) is 7.66. The number of hydrogen-bond donors (Lipinski definition) is 2. The standard InChI is InChI=1S/C24H24FN3O2/c1-2-15-3-11-19(12-4-15)26-23(29)17-7-13-20-21(14-8-17)27-22(28-24(20)30)16-5-9-18(25)10-6-16/h3-6,9-12,17H,2,7-8,13-14H2,1H3,(H,26,29)(H,27,28,30). The molecular formula is C24H24FN3O2. The second kappa shape index (κ2) is 8.61. The summed E-state index contributed by atoms with van der Waals surface area (Å²) < 4.78 is 13.2. The van der Waals surface area contributed by atoms with E-state index in [-0.39, 0.29) is 23.2 Å². The van der Waals surface area contributed by atoms with E-state index in [9.17, 15) is 14.0 Å². The number of amides is 1. The molecule has 0 saturated carbocycles.